The molecule has 2 aromatic rings. The van der Waals surface area contributed by atoms with Crippen LogP contribution in [0.1, 0.15) is 37.6 Å². The van der Waals surface area contributed by atoms with Crippen molar-refractivity contribution in [2.75, 3.05) is 6.54 Å². The number of fused-ring (bicyclic) bond motifs is 1. The second-order valence-electron chi connectivity index (χ2n) is 4.51. The normalized spacial score (nSPS) is 11.6. The predicted molar refractivity (Wildman–Crippen MR) is 73.2 cm³/mol. The topological polar surface area (TPSA) is 52.0 Å². The maximum atomic E-state index is 5.72. The van der Waals surface area contributed by atoms with Gasteiger partial charge in [-0.05, 0) is 52.5 Å². The van der Waals surface area contributed by atoms with Crippen LogP contribution < -0.4 is 5.73 Å². The number of hydrogen-bond donors (Lipinski definition) is 1. The first-order valence-electron chi connectivity index (χ1n) is 5.90. The number of benzene rings is 1. The van der Waals surface area contributed by atoms with Gasteiger partial charge in [0.2, 0.25) is 0 Å². The largest absolute Gasteiger partial charge is 0.440 e. The second-order valence-corrected chi connectivity index (χ2v) is 5.36. The average molecular weight is 297 g/mol. The van der Waals surface area contributed by atoms with E-state index in [2.05, 4.69) is 46.9 Å². The van der Waals surface area contributed by atoms with Crippen molar-refractivity contribution in [2.45, 2.75) is 32.6 Å². The summed E-state index contributed by atoms with van der Waals surface area (Å²) < 4.78 is 6.70. The van der Waals surface area contributed by atoms with E-state index in [1.54, 1.807) is 0 Å². The van der Waals surface area contributed by atoms with Crippen molar-refractivity contribution < 1.29 is 4.42 Å². The van der Waals surface area contributed by atoms with Gasteiger partial charge in [0.25, 0.3) is 0 Å². The molecule has 0 spiro atoms. The molecule has 2 rings (SSSR count). The first kappa shape index (κ1) is 12.6. The molecule has 2 N–H and O–H groups in total. The number of hydrogen-bond acceptors (Lipinski definition) is 3. The Labute approximate surface area is 110 Å². The van der Waals surface area contributed by atoms with Gasteiger partial charge in [0.15, 0.2) is 11.5 Å². The van der Waals surface area contributed by atoms with Crippen LogP contribution in [0.15, 0.2) is 21.0 Å². The Morgan fingerprint density at radius 3 is 2.82 bits per heavy atom. The van der Waals surface area contributed by atoms with Crippen LogP contribution in [0.3, 0.4) is 0 Å². The molecule has 17 heavy (non-hydrogen) atoms. The van der Waals surface area contributed by atoms with Crippen molar-refractivity contribution in [1.82, 2.24) is 4.98 Å². The molecule has 0 atom stereocenters. The Balaban J connectivity index is 2.42. The molecule has 0 saturated heterocycles. The molecule has 0 radical (unpaired) electrons. The van der Waals surface area contributed by atoms with E-state index in [9.17, 15) is 0 Å². The van der Waals surface area contributed by atoms with Gasteiger partial charge in [0, 0.05) is 6.42 Å². The summed E-state index contributed by atoms with van der Waals surface area (Å²) in [5.74, 6) is 1.26. The summed E-state index contributed by atoms with van der Waals surface area (Å²) >= 11 is 3.54. The average Bonchev–Trinajstić information content (AvgIpc) is 2.69. The van der Waals surface area contributed by atoms with E-state index in [4.69, 9.17) is 10.2 Å². The highest BCUT2D eigenvalue weighted by atomic mass is 79.9. The van der Waals surface area contributed by atoms with Gasteiger partial charge in [-0.25, -0.2) is 4.98 Å². The van der Waals surface area contributed by atoms with E-state index in [1.807, 2.05) is 0 Å². The van der Waals surface area contributed by atoms with Crippen molar-refractivity contribution >= 4 is 27.0 Å². The maximum Gasteiger partial charge on any atom is 0.195 e. The lowest BCUT2D eigenvalue weighted by Gasteiger charge is -2.04. The van der Waals surface area contributed by atoms with Crippen molar-refractivity contribution in [3.05, 3.63) is 28.1 Å². The van der Waals surface area contributed by atoms with Crippen LogP contribution in [-0.4, -0.2) is 11.5 Å². The van der Waals surface area contributed by atoms with E-state index >= 15 is 0 Å². The van der Waals surface area contributed by atoms with Crippen molar-refractivity contribution in [1.29, 1.82) is 0 Å². The summed E-state index contributed by atoms with van der Waals surface area (Å²) in [6.45, 7) is 5.00. The van der Waals surface area contributed by atoms with Crippen LogP contribution in [0.5, 0.6) is 0 Å². The Kier molecular flexibility index (Phi) is 3.84. The summed E-state index contributed by atoms with van der Waals surface area (Å²) in [6, 6.07) is 4.20. The molecule has 0 fully saturated rings. The molecule has 0 aliphatic heterocycles. The summed E-state index contributed by atoms with van der Waals surface area (Å²) in [6.07, 6.45) is 1.70. The number of aromatic nitrogens is 1. The minimum Gasteiger partial charge on any atom is -0.440 e. The SMILES string of the molecule is CC(C)c1cc(Br)c2oc(CCCN)nc2c1. The van der Waals surface area contributed by atoms with Gasteiger partial charge in [-0.15, -0.1) is 0 Å². The highest BCUT2D eigenvalue weighted by Gasteiger charge is 2.11. The first-order valence-corrected chi connectivity index (χ1v) is 6.70. The van der Waals surface area contributed by atoms with Crippen LogP contribution in [0.4, 0.5) is 0 Å². The van der Waals surface area contributed by atoms with E-state index < -0.39 is 0 Å². The summed E-state index contributed by atoms with van der Waals surface area (Å²) in [5.41, 5.74) is 8.51. The highest BCUT2D eigenvalue weighted by Crippen LogP contribution is 2.29. The number of rotatable bonds is 4. The van der Waals surface area contributed by atoms with E-state index in [-0.39, 0.29) is 0 Å². The Morgan fingerprint density at radius 2 is 2.18 bits per heavy atom. The number of oxazole rings is 1. The minimum absolute atomic E-state index is 0.486. The minimum atomic E-state index is 0.486. The Morgan fingerprint density at radius 1 is 1.41 bits per heavy atom. The Hall–Kier alpha value is -0.870. The molecule has 1 aromatic carbocycles. The Bertz CT molecular complexity index is 519. The van der Waals surface area contributed by atoms with Crippen LogP contribution in [0, 0.1) is 0 Å². The third kappa shape index (κ3) is 2.69. The van der Waals surface area contributed by atoms with Crippen LogP contribution in [0.25, 0.3) is 11.1 Å². The fourth-order valence-corrected chi connectivity index (χ4v) is 2.30. The second kappa shape index (κ2) is 5.19. The van der Waals surface area contributed by atoms with Crippen molar-refractivity contribution in [2.24, 2.45) is 5.73 Å². The number of nitrogens with two attached hydrogens (primary N) is 1. The number of halogens is 1. The predicted octanol–water partition coefficient (Wildman–Crippen LogP) is 3.61. The quantitative estimate of drug-likeness (QED) is 0.938. The van der Waals surface area contributed by atoms with Gasteiger partial charge in [-0.1, -0.05) is 13.8 Å². The maximum absolute atomic E-state index is 5.72. The molecule has 3 nitrogen and oxygen atoms in total. The van der Waals surface area contributed by atoms with Crippen LogP contribution in [-0.2, 0) is 6.42 Å². The zero-order valence-electron chi connectivity index (χ0n) is 10.2. The summed E-state index contributed by atoms with van der Waals surface area (Å²) in [5, 5.41) is 0. The molecular weight excluding hydrogens is 280 g/mol. The first-order chi connectivity index (χ1) is 8.11. The molecule has 0 unspecified atom stereocenters. The number of aryl methyl sites for hydroxylation is 1. The van der Waals surface area contributed by atoms with E-state index in [0.717, 1.165) is 34.3 Å². The van der Waals surface area contributed by atoms with E-state index in [1.165, 1.54) is 5.56 Å². The molecule has 92 valence electrons. The molecule has 1 aromatic heterocycles. The molecule has 0 aliphatic carbocycles. The van der Waals surface area contributed by atoms with Gasteiger partial charge >= 0.3 is 0 Å². The fraction of sp³-hybridized carbons (Fsp3) is 0.462. The van der Waals surface area contributed by atoms with Gasteiger partial charge in [-0.3, -0.25) is 0 Å². The molecule has 0 saturated carbocycles. The van der Waals surface area contributed by atoms with Gasteiger partial charge < -0.3 is 10.2 Å². The standard InChI is InChI=1S/C13H17BrN2O/c1-8(2)9-6-10(14)13-11(7-9)16-12(17-13)4-3-5-15/h6-8H,3-5,15H2,1-2H3. The molecule has 4 heteroatoms. The van der Waals surface area contributed by atoms with Crippen LogP contribution in [0.2, 0.25) is 0 Å². The summed E-state index contributed by atoms with van der Waals surface area (Å²) in [7, 11) is 0. The highest BCUT2D eigenvalue weighted by molar-refractivity contribution is 9.10. The molecule has 1 heterocycles. The number of nitrogens with zero attached hydrogens (tertiary/aromatic N) is 1. The van der Waals surface area contributed by atoms with Gasteiger partial charge in [0.05, 0.1) is 4.47 Å². The van der Waals surface area contributed by atoms with Crippen LogP contribution >= 0.6 is 15.9 Å². The molecule has 0 amide bonds. The van der Waals surface area contributed by atoms with E-state index in [0.29, 0.717) is 12.5 Å². The summed E-state index contributed by atoms with van der Waals surface area (Å²) in [4.78, 5) is 4.50. The third-order valence-corrected chi connectivity index (χ3v) is 3.36. The lowest BCUT2D eigenvalue weighted by atomic mass is 10.0. The lowest BCUT2D eigenvalue weighted by Crippen LogP contribution is -2.00. The zero-order chi connectivity index (χ0) is 12.4. The van der Waals surface area contributed by atoms with Gasteiger partial charge in [-0.2, -0.15) is 0 Å². The molecule has 0 aliphatic rings. The molecular formula is C13H17BrN2O. The third-order valence-electron chi connectivity index (χ3n) is 2.77. The van der Waals surface area contributed by atoms with Gasteiger partial charge in [0.1, 0.15) is 5.52 Å². The zero-order valence-corrected chi connectivity index (χ0v) is 11.8. The fourth-order valence-electron chi connectivity index (χ4n) is 1.75. The molecule has 0 bridgehead atoms. The monoisotopic (exact) mass is 296 g/mol. The van der Waals surface area contributed by atoms with Crippen molar-refractivity contribution in [3.8, 4) is 0 Å². The van der Waals surface area contributed by atoms with Crippen molar-refractivity contribution in [3.63, 3.8) is 0 Å². The lowest BCUT2D eigenvalue weighted by molar-refractivity contribution is 0.520. The smallest absolute Gasteiger partial charge is 0.195 e.